The first-order chi connectivity index (χ1) is 1.41. The summed E-state index contributed by atoms with van der Waals surface area (Å²) < 4.78 is 0. The molecule has 0 spiro atoms. The van der Waals surface area contributed by atoms with Crippen molar-refractivity contribution in [1.82, 2.24) is 0 Å². The maximum atomic E-state index is 7.41. The van der Waals surface area contributed by atoms with Gasteiger partial charge in [-0.2, -0.15) is 9.90 Å². The van der Waals surface area contributed by atoms with Crippen LogP contribution in [0.25, 0.3) is 0 Å². The van der Waals surface area contributed by atoms with Gasteiger partial charge in [0.25, 0.3) is 0 Å². The molecule has 1 nitrogen and oxygen atoms in total. The maximum Gasteiger partial charge on any atom is 0.314 e. The van der Waals surface area contributed by atoms with Crippen LogP contribution in [0.3, 0.4) is 0 Å². The Morgan fingerprint density at radius 3 is 1.60 bits per heavy atom. The summed E-state index contributed by atoms with van der Waals surface area (Å²) in [6.45, 7) is 0. The molecule has 0 rings (SSSR count). The van der Waals surface area contributed by atoms with Crippen LogP contribution in [0.5, 0.6) is 0 Å². The zero-order valence-corrected chi connectivity index (χ0v) is 8.29. The molecule has 0 aliphatic heterocycles. The molecule has 1 N–H and O–H groups in total. The van der Waals surface area contributed by atoms with Crippen LogP contribution >= 0.6 is 19.0 Å². The van der Waals surface area contributed by atoms with Crippen molar-refractivity contribution in [3.63, 3.8) is 0 Å². The van der Waals surface area contributed by atoms with Gasteiger partial charge in [0.15, 0.2) is 0 Å². The Hall–Kier alpha value is 1.99. The summed E-state index contributed by atoms with van der Waals surface area (Å²) in [5.74, 6) is 0. The van der Waals surface area contributed by atoms with Gasteiger partial charge in [-0.1, -0.05) is 0 Å². The Kier molecular flexibility index (Phi) is 52.6. The van der Waals surface area contributed by atoms with Crippen LogP contribution < -0.4 is 0 Å². The van der Waals surface area contributed by atoms with Crippen LogP contribution in [0.1, 0.15) is 0 Å². The fraction of sp³-hybridized carbons (Fsp3) is 0. The minimum Gasteiger partial charge on any atom is -0.450 e. The molecule has 5 heavy (non-hydrogen) atoms. The van der Waals surface area contributed by atoms with Crippen molar-refractivity contribution in [2.75, 3.05) is 0 Å². The van der Waals surface area contributed by atoms with Crippen LogP contribution in [0, 0.1) is 0 Å². The maximum absolute atomic E-state index is 7.41. The van der Waals surface area contributed by atoms with Crippen molar-refractivity contribution in [3.8, 4) is 0 Å². The zero-order valence-electron chi connectivity index (χ0n) is 2.89. The summed E-state index contributed by atoms with van der Waals surface area (Å²) in [6, 6.07) is 0. The van der Waals surface area contributed by atoms with E-state index in [1.54, 1.807) is 0 Å². The molecule has 2 atom stereocenters. The predicted octanol–water partition coefficient (Wildman–Crippen LogP) is -0.556. The van der Waals surface area contributed by atoms with Gasteiger partial charge in [0.2, 0.25) is 0 Å². The van der Waals surface area contributed by atoms with Crippen molar-refractivity contribution in [2.24, 2.45) is 0 Å². The zero-order chi connectivity index (χ0) is 2.71. The van der Waals surface area contributed by atoms with Crippen molar-refractivity contribution < 1.29 is 37.7 Å². The van der Waals surface area contributed by atoms with E-state index in [9.17, 15) is 0 Å². The average Bonchev–Trinajstić information content (AvgIpc) is 0.918. The molecule has 0 aliphatic carbocycles. The quantitative estimate of drug-likeness (QED) is 0.395. The standard InChI is InChI=1S/BH3OP.H3P.Y/c2-1-3;;/h2H,3H2;1H3;. The summed E-state index contributed by atoms with van der Waals surface area (Å²) in [6.07, 6.45) is 0. The Labute approximate surface area is 63.6 Å². The van der Waals surface area contributed by atoms with Crippen LogP contribution in [0.4, 0.5) is 0 Å². The molecule has 0 fully saturated rings. The molecular weight excluding hydrogens is 178 g/mol. The van der Waals surface area contributed by atoms with Crippen molar-refractivity contribution in [2.45, 2.75) is 0 Å². The molecular formula is H6BOP2Y. The second-order valence-electron chi connectivity index (χ2n) is 0.149. The Balaban J connectivity index is -0.0000000200. The van der Waals surface area contributed by atoms with E-state index in [4.69, 9.17) is 5.02 Å². The normalized spacial score (nSPS) is 2.80. The number of hydrogen-bond donors (Lipinski definition) is 1. The van der Waals surface area contributed by atoms with E-state index in [0.717, 1.165) is 7.20 Å². The third-order valence-electron chi connectivity index (χ3n) is 0. The first-order valence-corrected chi connectivity index (χ1v) is 1.26. The molecule has 0 bridgehead atoms. The Morgan fingerprint density at radius 2 is 1.60 bits per heavy atom. The Morgan fingerprint density at radius 1 is 1.60 bits per heavy atom. The molecule has 0 aliphatic rings. The topological polar surface area (TPSA) is 20.2 Å². The van der Waals surface area contributed by atoms with E-state index >= 15 is 0 Å². The minimum absolute atomic E-state index is 0. The third-order valence-corrected chi connectivity index (χ3v) is 0. The van der Waals surface area contributed by atoms with Crippen molar-refractivity contribution >= 4 is 26.2 Å². The van der Waals surface area contributed by atoms with Gasteiger partial charge in [-0.15, -0.1) is 9.12 Å². The van der Waals surface area contributed by atoms with E-state index in [2.05, 4.69) is 0 Å². The summed E-state index contributed by atoms with van der Waals surface area (Å²) in [4.78, 5) is 0. The molecule has 0 saturated heterocycles. The second kappa shape index (κ2) is 16.7. The van der Waals surface area contributed by atoms with E-state index in [1.165, 1.54) is 0 Å². The summed E-state index contributed by atoms with van der Waals surface area (Å²) in [5, 5.41) is 7.41. The molecule has 2 unspecified atom stereocenters. The largest absolute Gasteiger partial charge is 0.450 e. The molecule has 5 heteroatoms. The molecule has 2 radical (unpaired) electrons. The molecule has 0 aromatic carbocycles. The van der Waals surface area contributed by atoms with E-state index in [-0.39, 0.29) is 42.6 Å². The third kappa shape index (κ3) is 24.1. The van der Waals surface area contributed by atoms with Crippen LogP contribution in [0.15, 0.2) is 0 Å². The van der Waals surface area contributed by atoms with Crippen LogP contribution in [0.2, 0.25) is 0 Å². The van der Waals surface area contributed by atoms with Gasteiger partial charge in [0.1, 0.15) is 0 Å². The molecule has 0 aromatic heterocycles. The SMILES string of the molecule is O[B]P.P.[Y]. The van der Waals surface area contributed by atoms with Gasteiger partial charge in [-0.25, -0.2) is 0 Å². The van der Waals surface area contributed by atoms with Crippen molar-refractivity contribution in [1.29, 1.82) is 0 Å². The van der Waals surface area contributed by atoms with Crippen LogP contribution in [-0.2, 0) is 32.7 Å². The monoisotopic (exact) mass is 184 g/mol. The van der Waals surface area contributed by atoms with Gasteiger partial charge in [-0.3, -0.25) is 0 Å². The van der Waals surface area contributed by atoms with Crippen LogP contribution in [-0.4, -0.2) is 12.2 Å². The minimum atomic E-state index is 0. The van der Waals surface area contributed by atoms with Gasteiger partial charge in [-0.05, 0) is 0 Å². The summed E-state index contributed by atoms with van der Waals surface area (Å²) in [5.41, 5.74) is 0. The molecule has 0 heterocycles. The average molecular weight is 184 g/mol. The smallest absolute Gasteiger partial charge is 0.314 e. The van der Waals surface area contributed by atoms with E-state index in [0.29, 0.717) is 0 Å². The molecule has 28 valence electrons. The Bertz CT molecular complexity index is 9.61. The van der Waals surface area contributed by atoms with Crippen molar-refractivity contribution in [3.05, 3.63) is 0 Å². The van der Waals surface area contributed by atoms with Gasteiger partial charge in [0, 0.05) is 32.7 Å². The number of rotatable bonds is 0. The van der Waals surface area contributed by atoms with E-state index < -0.39 is 0 Å². The first-order valence-electron chi connectivity index (χ1n) is 0.592. The molecule has 0 aromatic rings. The molecule has 0 saturated carbocycles. The van der Waals surface area contributed by atoms with Gasteiger partial charge in [0.05, 0.1) is 0 Å². The van der Waals surface area contributed by atoms with E-state index in [1.807, 2.05) is 9.12 Å². The molecule has 0 amide bonds. The fourth-order valence-corrected chi connectivity index (χ4v) is 0. The van der Waals surface area contributed by atoms with Gasteiger partial charge < -0.3 is 5.02 Å². The first kappa shape index (κ1) is 15.8. The van der Waals surface area contributed by atoms with Gasteiger partial charge >= 0.3 is 7.20 Å². The summed E-state index contributed by atoms with van der Waals surface area (Å²) in [7, 11) is 2.93. The predicted molar refractivity (Wildman–Crippen MR) is 28.8 cm³/mol. The fourth-order valence-electron chi connectivity index (χ4n) is 0. The number of hydrogen-bond acceptors (Lipinski definition) is 1. The summed E-state index contributed by atoms with van der Waals surface area (Å²) >= 11 is 0. The second-order valence-corrected chi connectivity index (χ2v) is 0.447.